The molecule has 0 aliphatic heterocycles. The molecular weight excluding hydrogens is 332 g/mol. The van der Waals surface area contributed by atoms with Gasteiger partial charge in [0.05, 0.1) is 5.69 Å². The molecule has 5 nitrogen and oxygen atoms in total. The maximum Gasteiger partial charge on any atom is 0.255 e. The number of carbonyl (C=O) groups is 1. The molecule has 0 aliphatic carbocycles. The van der Waals surface area contributed by atoms with Gasteiger partial charge in [-0.15, -0.1) is 11.3 Å². The van der Waals surface area contributed by atoms with E-state index in [0.717, 1.165) is 27.8 Å². The van der Waals surface area contributed by atoms with Crippen molar-refractivity contribution in [3.8, 4) is 11.3 Å². The van der Waals surface area contributed by atoms with Gasteiger partial charge in [-0.3, -0.25) is 10.2 Å². The Kier molecular flexibility index (Phi) is 5.20. The van der Waals surface area contributed by atoms with Crippen molar-refractivity contribution in [2.45, 2.75) is 13.8 Å². The number of carbonyl (C=O) groups excluding carboxylic acids is 1. The van der Waals surface area contributed by atoms with E-state index < -0.39 is 0 Å². The first-order chi connectivity index (χ1) is 12.1. The number of nitrogens with one attached hydrogen (secondary N) is 2. The Morgan fingerprint density at radius 2 is 1.76 bits per heavy atom. The predicted molar refractivity (Wildman–Crippen MR) is 104 cm³/mol. The van der Waals surface area contributed by atoms with Gasteiger partial charge >= 0.3 is 0 Å². The first kappa shape index (κ1) is 16.9. The van der Waals surface area contributed by atoms with E-state index >= 15 is 0 Å². The lowest BCUT2D eigenvalue weighted by molar-refractivity contribution is 0.102. The molecule has 0 radical (unpaired) electrons. The first-order valence-corrected chi connectivity index (χ1v) is 8.69. The predicted octanol–water partition coefficient (Wildman–Crippen LogP) is 4.87. The average molecular weight is 350 g/mol. The highest BCUT2D eigenvalue weighted by atomic mass is 32.1. The summed E-state index contributed by atoms with van der Waals surface area (Å²) in [5.41, 5.74) is 7.11. The van der Waals surface area contributed by atoms with Crippen molar-refractivity contribution < 1.29 is 4.79 Å². The number of nitrogens with zero attached hydrogens (tertiary/aromatic N) is 2. The molecule has 25 heavy (non-hydrogen) atoms. The summed E-state index contributed by atoms with van der Waals surface area (Å²) < 4.78 is 0. The SMILES string of the molecule is CC(C)=NNc1nc(-c2ccc(NC(=O)c3ccccc3)cc2)cs1. The number of amides is 1. The molecule has 0 fully saturated rings. The summed E-state index contributed by atoms with van der Waals surface area (Å²) in [6.45, 7) is 3.84. The van der Waals surface area contributed by atoms with Gasteiger partial charge in [-0.25, -0.2) is 4.98 Å². The van der Waals surface area contributed by atoms with E-state index in [9.17, 15) is 4.79 Å². The van der Waals surface area contributed by atoms with Crippen molar-refractivity contribution in [3.63, 3.8) is 0 Å². The van der Waals surface area contributed by atoms with E-state index in [1.807, 2.05) is 61.7 Å². The van der Waals surface area contributed by atoms with Crippen molar-refractivity contribution in [1.29, 1.82) is 0 Å². The Hall–Kier alpha value is -2.99. The number of hydrogen-bond acceptors (Lipinski definition) is 5. The number of aromatic nitrogens is 1. The Labute approximate surface area is 150 Å². The van der Waals surface area contributed by atoms with Crippen LogP contribution in [-0.2, 0) is 0 Å². The average Bonchev–Trinajstić information content (AvgIpc) is 3.10. The fraction of sp³-hybridized carbons (Fsp3) is 0.105. The van der Waals surface area contributed by atoms with E-state index in [1.165, 1.54) is 11.3 Å². The number of thiazole rings is 1. The Balaban J connectivity index is 1.68. The summed E-state index contributed by atoms with van der Waals surface area (Å²) in [6.07, 6.45) is 0. The Morgan fingerprint density at radius 3 is 2.44 bits per heavy atom. The van der Waals surface area contributed by atoms with Gasteiger partial charge < -0.3 is 5.32 Å². The minimum absolute atomic E-state index is 0.124. The van der Waals surface area contributed by atoms with Crippen LogP contribution in [0, 0.1) is 0 Å². The van der Waals surface area contributed by atoms with Gasteiger partial charge in [-0.1, -0.05) is 30.3 Å². The molecule has 3 rings (SSSR count). The molecule has 2 aromatic carbocycles. The highest BCUT2D eigenvalue weighted by Gasteiger charge is 2.07. The van der Waals surface area contributed by atoms with E-state index in [-0.39, 0.29) is 5.91 Å². The summed E-state index contributed by atoms with van der Waals surface area (Å²) in [4.78, 5) is 16.7. The fourth-order valence-electron chi connectivity index (χ4n) is 2.13. The highest BCUT2D eigenvalue weighted by Crippen LogP contribution is 2.26. The molecule has 3 aromatic rings. The molecule has 1 amide bonds. The minimum Gasteiger partial charge on any atom is -0.322 e. The quantitative estimate of drug-likeness (QED) is 0.509. The smallest absolute Gasteiger partial charge is 0.255 e. The van der Waals surface area contributed by atoms with Crippen LogP contribution in [0.2, 0.25) is 0 Å². The molecule has 0 atom stereocenters. The van der Waals surface area contributed by atoms with Gasteiger partial charge in [0.25, 0.3) is 5.91 Å². The molecule has 2 N–H and O–H groups in total. The topological polar surface area (TPSA) is 66.4 Å². The monoisotopic (exact) mass is 350 g/mol. The second-order valence-corrected chi connectivity index (χ2v) is 6.46. The van der Waals surface area contributed by atoms with E-state index in [1.54, 1.807) is 12.1 Å². The van der Waals surface area contributed by atoms with Gasteiger partial charge in [-0.2, -0.15) is 5.10 Å². The minimum atomic E-state index is -0.124. The van der Waals surface area contributed by atoms with Crippen LogP contribution in [0.25, 0.3) is 11.3 Å². The van der Waals surface area contributed by atoms with Crippen LogP contribution in [0.15, 0.2) is 65.1 Å². The van der Waals surface area contributed by atoms with Crippen molar-refractivity contribution in [2.24, 2.45) is 5.10 Å². The number of rotatable bonds is 5. The van der Waals surface area contributed by atoms with Crippen LogP contribution in [0.3, 0.4) is 0 Å². The lowest BCUT2D eigenvalue weighted by Crippen LogP contribution is -2.11. The molecule has 1 heterocycles. The van der Waals surface area contributed by atoms with Crippen LogP contribution in [0.1, 0.15) is 24.2 Å². The second-order valence-electron chi connectivity index (χ2n) is 5.61. The highest BCUT2D eigenvalue weighted by molar-refractivity contribution is 7.14. The van der Waals surface area contributed by atoms with Crippen molar-refractivity contribution >= 4 is 33.8 Å². The fourth-order valence-corrected chi connectivity index (χ4v) is 2.80. The van der Waals surface area contributed by atoms with Crippen LogP contribution in [0.4, 0.5) is 10.8 Å². The molecule has 0 aliphatic rings. The van der Waals surface area contributed by atoms with Crippen molar-refractivity contribution in [1.82, 2.24) is 4.98 Å². The number of hydrogen-bond donors (Lipinski definition) is 2. The van der Waals surface area contributed by atoms with E-state index in [4.69, 9.17) is 0 Å². The largest absolute Gasteiger partial charge is 0.322 e. The van der Waals surface area contributed by atoms with Crippen LogP contribution in [0.5, 0.6) is 0 Å². The van der Waals surface area contributed by atoms with Crippen LogP contribution >= 0.6 is 11.3 Å². The van der Waals surface area contributed by atoms with Gasteiger partial charge in [0.1, 0.15) is 0 Å². The number of anilines is 2. The van der Waals surface area contributed by atoms with Gasteiger partial charge in [-0.05, 0) is 38.1 Å². The summed E-state index contributed by atoms with van der Waals surface area (Å²) in [5.74, 6) is -0.124. The molecule has 0 unspecified atom stereocenters. The molecule has 0 saturated carbocycles. The lowest BCUT2D eigenvalue weighted by atomic mass is 10.1. The first-order valence-electron chi connectivity index (χ1n) is 7.81. The normalized spacial score (nSPS) is 10.2. The zero-order chi connectivity index (χ0) is 17.6. The van der Waals surface area contributed by atoms with Crippen molar-refractivity contribution in [2.75, 3.05) is 10.7 Å². The molecule has 126 valence electrons. The third-order valence-electron chi connectivity index (χ3n) is 3.35. The summed E-state index contributed by atoms with van der Waals surface area (Å²) >= 11 is 1.50. The zero-order valence-electron chi connectivity index (χ0n) is 14.0. The standard InChI is InChI=1S/C19H18N4OS/c1-13(2)22-23-19-21-17(12-25-19)14-8-10-16(11-9-14)20-18(24)15-6-4-3-5-7-15/h3-12H,1-2H3,(H,20,24)(H,21,23). The Bertz CT molecular complexity index is 881. The molecule has 0 bridgehead atoms. The summed E-state index contributed by atoms with van der Waals surface area (Å²) in [5, 5.41) is 9.75. The number of benzene rings is 2. The molecule has 1 aromatic heterocycles. The van der Waals surface area contributed by atoms with Gasteiger partial charge in [0.2, 0.25) is 5.13 Å². The van der Waals surface area contributed by atoms with Crippen LogP contribution < -0.4 is 10.7 Å². The summed E-state index contributed by atoms with van der Waals surface area (Å²) in [6, 6.07) is 16.8. The molecule has 6 heteroatoms. The zero-order valence-corrected chi connectivity index (χ0v) is 14.8. The molecule has 0 saturated heterocycles. The lowest BCUT2D eigenvalue weighted by Gasteiger charge is -2.06. The van der Waals surface area contributed by atoms with E-state index in [2.05, 4.69) is 20.8 Å². The third-order valence-corrected chi connectivity index (χ3v) is 4.10. The summed E-state index contributed by atoms with van der Waals surface area (Å²) in [7, 11) is 0. The third kappa shape index (κ3) is 4.51. The van der Waals surface area contributed by atoms with E-state index in [0.29, 0.717) is 5.56 Å². The maximum atomic E-state index is 12.2. The Morgan fingerprint density at radius 1 is 1.04 bits per heavy atom. The van der Waals surface area contributed by atoms with Crippen LogP contribution in [-0.4, -0.2) is 16.6 Å². The maximum absolute atomic E-state index is 12.2. The molecule has 0 spiro atoms. The van der Waals surface area contributed by atoms with Gasteiger partial charge in [0, 0.05) is 27.9 Å². The van der Waals surface area contributed by atoms with Gasteiger partial charge in [0.15, 0.2) is 0 Å². The molecular formula is C19H18N4OS. The second kappa shape index (κ2) is 7.72. The number of hydrazone groups is 1. The van der Waals surface area contributed by atoms with Crippen molar-refractivity contribution in [3.05, 3.63) is 65.5 Å².